The molecule has 0 amide bonds. The van der Waals surface area contributed by atoms with Crippen LogP contribution in [0.3, 0.4) is 0 Å². The first-order chi connectivity index (χ1) is 6.07. The molecule has 2 heteroatoms. The largest absolute Gasteiger partial charge is 0.320 e. The summed E-state index contributed by atoms with van der Waals surface area (Å²) in [6.07, 6.45) is 1.25. The van der Waals surface area contributed by atoms with E-state index in [-0.39, 0.29) is 0 Å². The summed E-state index contributed by atoms with van der Waals surface area (Å²) in [6, 6.07) is 0.680. The highest BCUT2D eigenvalue weighted by molar-refractivity contribution is 4.64. The molecule has 0 spiro atoms. The van der Waals surface area contributed by atoms with Gasteiger partial charge in [-0.25, -0.2) is 0 Å². The van der Waals surface area contributed by atoms with E-state index in [1.165, 1.54) is 19.5 Å². The lowest BCUT2D eigenvalue weighted by Crippen LogP contribution is -2.35. The van der Waals surface area contributed by atoms with Gasteiger partial charge in [-0.2, -0.15) is 0 Å². The average molecular weight is 186 g/mol. The first kappa shape index (κ1) is 12.9. The van der Waals surface area contributed by atoms with Crippen molar-refractivity contribution in [2.24, 2.45) is 5.92 Å². The minimum absolute atomic E-state index is 0.680. The van der Waals surface area contributed by atoms with E-state index in [1.807, 2.05) is 7.05 Å². The third-order valence-electron chi connectivity index (χ3n) is 2.20. The molecule has 0 aliphatic rings. The van der Waals surface area contributed by atoms with Crippen LogP contribution in [-0.4, -0.2) is 37.6 Å². The Morgan fingerprint density at radius 3 is 2.15 bits per heavy atom. The average Bonchev–Trinajstić information content (AvgIpc) is 2.02. The van der Waals surface area contributed by atoms with E-state index in [0.29, 0.717) is 6.04 Å². The predicted molar refractivity (Wildman–Crippen MR) is 60.1 cm³/mol. The van der Waals surface area contributed by atoms with Gasteiger partial charge in [0, 0.05) is 12.6 Å². The molecule has 0 saturated heterocycles. The Balaban J connectivity index is 3.67. The van der Waals surface area contributed by atoms with Crippen LogP contribution in [0.2, 0.25) is 0 Å². The first-order valence-electron chi connectivity index (χ1n) is 5.46. The van der Waals surface area contributed by atoms with Gasteiger partial charge in [-0.05, 0) is 46.3 Å². The number of nitrogens with one attached hydrogen (secondary N) is 1. The maximum Gasteiger partial charge on any atom is 0.00387 e. The minimum atomic E-state index is 0.680. The Kier molecular flexibility index (Phi) is 7.29. The van der Waals surface area contributed by atoms with Crippen molar-refractivity contribution in [3.8, 4) is 0 Å². The van der Waals surface area contributed by atoms with Crippen molar-refractivity contribution >= 4 is 0 Å². The van der Waals surface area contributed by atoms with Gasteiger partial charge in [0.05, 0.1) is 0 Å². The summed E-state index contributed by atoms with van der Waals surface area (Å²) in [7, 11) is 2.02. The van der Waals surface area contributed by atoms with Crippen molar-refractivity contribution in [1.82, 2.24) is 10.2 Å². The molecule has 0 atom stereocenters. The quantitative estimate of drug-likeness (QED) is 0.612. The van der Waals surface area contributed by atoms with Crippen LogP contribution in [0.4, 0.5) is 0 Å². The van der Waals surface area contributed by atoms with E-state index >= 15 is 0 Å². The molecule has 0 fully saturated rings. The molecular weight excluding hydrogens is 160 g/mol. The van der Waals surface area contributed by atoms with E-state index in [9.17, 15) is 0 Å². The fourth-order valence-corrected chi connectivity index (χ4v) is 1.49. The topological polar surface area (TPSA) is 15.3 Å². The van der Waals surface area contributed by atoms with Crippen molar-refractivity contribution in [3.63, 3.8) is 0 Å². The molecule has 2 nitrogen and oxygen atoms in total. The summed E-state index contributed by atoms with van der Waals surface area (Å²) in [5, 5.41) is 3.19. The lowest BCUT2D eigenvalue weighted by atomic mass is 10.1. The highest BCUT2D eigenvalue weighted by Crippen LogP contribution is 2.04. The molecule has 0 aromatic rings. The summed E-state index contributed by atoms with van der Waals surface area (Å²) >= 11 is 0. The van der Waals surface area contributed by atoms with Crippen molar-refractivity contribution in [3.05, 3.63) is 0 Å². The standard InChI is InChI=1S/C11H26N2/c1-10(2)9-13(11(3)4)8-6-7-12-5/h10-12H,6-9H2,1-5H3. The minimum Gasteiger partial charge on any atom is -0.320 e. The maximum absolute atomic E-state index is 3.19. The molecule has 13 heavy (non-hydrogen) atoms. The molecule has 0 aromatic heterocycles. The van der Waals surface area contributed by atoms with Crippen molar-refractivity contribution in [2.75, 3.05) is 26.7 Å². The second kappa shape index (κ2) is 7.34. The Morgan fingerprint density at radius 2 is 1.77 bits per heavy atom. The fraction of sp³-hybridized carbons (Fsp3) is 1.00. The normalized spacial score (nSPS) is 12.0. The molecule has 0 unspecified atom stereocenters. The number of rotatable bonds is 7. The van der Waals surface area contributed by atoms with Gasteiger partial charge in [0.15, 0.2) is 0 Å². The summed E-state index contributed by atoms with van der Waals surface area (Å²) in [5.74, 6) is 0.775. The van der Waals surface area contributed by atoms with E-state index in [1.54, 1.807) is 0 Å². The van der Waals surface area contributed by atoms with Gasteiger partial charge < -0.3 is 10.2 Å². The summed E-state index contributed by atoms with van der Waals surface area (Å²) in [6.45, 7) is 12.7. The van der Waals surface area contributed by atoms with E-state index in [4.69, 9.17) is 0 Å². The zero-order valence-electron chi connectivity index (χ0n) is 9.93. The Hall–Kier alpha value is -0.0800. The second-order valence-electron chi connectivity index (χ2n) is 4.44. The molecule has 0 radical (unpaired) electrons. The smallest absolute Gasteiger partial charge is 0.00387 e. The maximum atomic E-state index is 3.19. The molecule has 0 bridgehead atoms. The number of hydrogen-bond acceptors (Lipinski definition) is 2. The fourth-order valence-electron chi connectivity index (χ4n) is 1.49. The van der Waals surface area contributed by atoms with Gasteiger partial charge in [0.25, 0.3) is 0 Å². The number of nitrogens with zero attached hydrogens (tertiary/aromatic N) is 1. The lowest BCUT2D eigenvalue weighted by Gasteiger charge is -2.28. The van der Waals surface area contributed by atoms with Crippen LogP contribution in [0.5, 0.6) is 0 Å². The van der Waals surface area contributed by atoms with Crippen LogP contribution in [-0.2, 0) is 0 Å². The van der Waals surface area contributed by atoms with Gasteiger partial charge in [0.2, 0.25) is 0 Å². The summed E-state index contributed by atoms with van der Waals surface area (Å²) in [4.78, 5) is 2.56. The molecule has 0 aliphatic heterocycles. The zero-order valence-corrected chi connectivity index (χ0v) is 9.93. The number of hydrogen-bond donors (Lipinski definition) is 1. The van der Waals surface area contributed by atoms with E-state index in [0.717, 1.165) is 12.5 Å². The van der Waals surface area contributed by atoms with E-state index in [2.05, 4.69) is 37.9 Å². The Morgan fingerprint density at radius 1 is 1.15 bits per heavy atom. The second-order valence-corrected chi connectivity index (χ2v) is 4.44. The molecule has 0 rings (SSSR count). The lowest BCUT2D eigenvalue weighted by molar-refractivity contribution is 0.195. The van der Waals surface area contributed by atoms with Crippen LogP contribution in [0.1, 0.15) is 34.1 Å². The molecule has 0 saturated carbocycles. The van der Waals surface area contributed by atoms with Crippen molar-refractivity contribution in [1.29, 1.82) is 0 Å². The third kappa shape index (κ3) is 7.03. The summed E-state index contributed by atoms with van der Waals surface area (Å²) < 4.78 is 0. The Labute approximate surface area is 83.7 Å². The van der Waals surface area contributed by atoms with Crippen LogP contribution in [0.25, 0.3) is 0 Å². The predicted octanol–water partition coefficient (Wildman–Crippen LogP) is 1.96. The van der Waals surface area contributed by atoms with Crippen LogP contribution < -0.4 is 5.32 Å². The van der Waals surface area contributed by atoms with Gasteiger partial charge in [-0.3, -0.25) is 0 Å². The van der Waals surface area contributed by atoms with Gasteiger partial charge >= 0.3 is 0 Å². The molecular formula is C11H26N2. The zero-order chi connectivity index (χ0) is 10.3. The highest BCUT2D eigenvalue weighted by Gasteiger charge is 2.09. The molecule has 0 aliphatic carbocycles. The molecule has 1 N–H and O–H groups in total. The monoisotopic (exact) mass is 186 g/mol. The van der Waals surface area contributed by atoms with E-state index < -0.39 is 0 Å². The molecule has 80 valence electrons. The van der Waals surface area contributed by atoms with Crippen molar-refractivity contribution < 1.29 is 0 Å². The first-order valence-corrected chi connectivity index (χ1v) is 5.46. The van der Waals surface area contributed by atoms with Gasteiger partial charge in [-0.15, -0.1) is 0 Å². The highest BCUT2D eigenvalue weighted by atomic mass is 15.1. The van der Waals surface area contributed by atoms with Crippen molar-refractivity contribution in [2.45, 2.75) is 40.2 Å². The Bertz CT molecular complexity index is 111. The SMILES string of the molecule is CNCCCN(CC(C)C)C(C)C. The molecule has 0 heterocycles. The third-order valence-corrected chi connectivity index (χ3v) is 2.20. The van der Waals surface area contributed by atoms with Crippen LogP contribution in [0, 0.1) is 5.92 Å². The van der Waals surface area contributed by atoms with Crippen LogP contribution in [0.15, 0.2) is 0 Å². The molecule has 0 aromatic carbocycles. The summed E-state index contributed by atoms with van der Waals surface area (Å²) in [5.41, 5.74) is 0. The van der Waals surface area contributed by atoms with Gasteiger partial charge in [0.1, 0.15) is 0 Å². The van der Waals surface area contributed by atoms with Gasteiger partial charge in [-0.1, -0.05) is 13.8 Å². The van der Waals surface area contributed by atoms with Crippen LogP contribution >= 0.6 is 0 Å².